The van der Waals surface area contributed by atoms with Crippen LogP contribution in [0.3, 0.4) is 0 Å². The molecule has 94 valence electrons. The number of benzene rings is 1. The van der Waals surface area contributed by atoms with Crippen LogP contribution in [0.5, 0.6) is 0 Å². The van der Waals surface area contributed by atoms with Gasteiger partial charge in [-0.05, 0) is 24.6 Å². The van der Waals surface area contributed by atoms with E-state index in [9.17, 15) is 9.18 Å². The number of hydrogen-bond acceptors (Lipinski definition) is 3. The van der Waals surface area contributed by atoms with Gasteiger partial charge in [-0.25, -0.2) is 4.39 Å². The Labute approximate surface area is 100.0 Å². The van der Waals surface area contributed by atoms with Crippen LogP contribution in [0.2, 0.25) is 0 Å². The van der Waals surface area contributed by atoms with E-state index in [1.54, 1.807) is 19.1 Å². The van der Waals surface area contributed by atoms with Crippen LogP contribution in [0.15, 0.2) is 24.3 Å². The maximum atomic E-state index is 12.7. The van der Waals surface area contributed by atoms with Crippen LogP contribution < -0.4 is 11.1 Å². The lowest BCUT2D eigenvalue weighted by Crippen LogP contribution is -2.40. The molecule has 3 N–H and O–H groups in total. The van der Waals surface area contributed by atoms with E-state index in [0.717, 1.165) is 5.56 Å². The second kappa shape index (κ2) is 6.32. The number of nitrogens with one attached hydrogen (secondary N) is 1. The Morgan fingerprint density at radius 1 is 1.47 bits per heavy atom. The molecule has 1 rings (SSSR count). The molecule has 5 heteroatoms. The van der Waals surface area contributed by atoms with Gasteiger partial charge in [-0.15, -0.1) is 0 Å². The van der Waals surface area contributed by atoms with Crippen molar-refractivity contribution in [3.8, 4) is 0 Å². The van der Waals surface area contributed by atoms with Gasteiger partial charge in [0.05, 0.1) is 12.1 Å². The van der Waals surface area contributed by atoms with Gasteiger partial charge in [-0.3, -0.25) is 4.79 Å². The molecule has 4 nitrogen and oxygen atoms in total. The molecule has 0 aliphatic rings. The van der Waals surface area contributed by atoms with Crippen LogP contribution in [0.4, 0.5) is 4.39 Å². The van der Waals surface area contributed by atoms with Crippen LogP contribution in [0.1, 0.15) is 18.6 Å². The van der Waals surface area contributed by atoms with E-state index in [-0.39, 0.29) is 17.8 Å². The Morgan fingerprint density at radius 3 is 2.53 bits per heavy atom. The monoisotopic (exact) mass is 240 g/mol. The van der Waals surface area contributed by atoms with Crippen LogP contribution in [0.25, 0.3) is 0 Å². The Kier molecular flexibility index (Phi) is 5.06. The van der Waals surface area contributed by atoms with Crippen molar-refractivity contribution in [3.63, 3.8) is 0 Å². The highest BCUT2D eigenvalue weighted by atomic mass is 19.1. The summed E-state index contributed by atoms with van der Waals surface area (Å²) in [6, 6.07) is 5.41. The minimum absolute atomic E-state index is 0.242. The number of amides is 1. The van der Waals surface area contributed by atoms with E-state index in [1.807, 2.05) is 0 Å². The second-order valence-corrected chi connectivity index (χ2v) is 3.81. The summed E-state index contributed by atoms with van der Waals surface area (Å²) in [5.74, 6) is -0.544. The third-order valence-corrected chi connectivity index (χ3v) is 2.40. The zero-order chi connectivity index (χ0) is 12.8. The number of halogens is 1. The summed E-state index contributed by atoms with van der Waals surface area (Å²) in [6.07, 6.45) is -0.307. The number of hydrogen-bond donors (Lipinski definition) is 2. The fraction of sp³-hybridized carbons (Fsp3) is 0.417. The molecule has 1 aromatic rings. The third-order valence-electron chi connectivity index (χ3n) is 2.40. The van der Waals surface area contributed by atoms with Gasteiger partial charge in [0, 0.05) is 13.7 Å². The summed E-state index contributed by atoms with van der Waals surface area (Å²) < 4.78 is 18.0. The SMILES string of the molecule is COC(CNC(=O)[C@@H](C)N)c1ccc(F)cc1. The van der Waals surface area contributed by atoms with Crippen LogP contribution in [0, 0.1) is 5.82 Å². The number of carbonyl (C=O) groups is 1. The standard InChI is InChI=1S/C12H17FN2O2/c1-8(14)12(16)15-7-11(17-2)9-3-5-10(13)6-4-9/h3-6,8,11H,7,14H2,1-2H3,(H,15,16)/t8-,11?/m1/s1. The number of carbonyl (C=O) groups excluding carboxylic acids is 1. The Bertz CT molecular complexity index is 365. The summed E-state index contributed by atoms with van der Waals surface area (Å²) >= 11 is 0. The fourth-order valence-electron chi connectivity index (χ4n) is 1.37. The van der Waals surface area contributed by atoms with Gasteiger partial charge in [0.25, 0.3) is 0 Å². The van der Waals surface area contributed by atoms with Crippen molar-refractivity contribution in [1.82, 2.24) is 5.32 Å². The van der Waals surface area contributed by atoms with Crippen LogP contribution >= 0.6 is 0 Å². The molecule has 1 aromatic carbocycles. The van der Waals surface area contributed by atoms with E-state index in [1.165, 1.54) is 19.2 Å². The smallest absolute Gasteiger partial charge is 0.236 e. The molecular formula is C12H17FN2O2. The number of rotatable bonds is 5. The summed E-state index contributed by atoms with van der Waals surface area (Å²) in [5, 5.41) is 2.66. The third kappa shape index (κ3) is 4.13. The average molecular weight is 240 g/mol. The predicted molar refractivity (Wildman–Crippen MR) is 62.8 cm³/mol. The first-order chi connectivity index (χ1) is 8.04. The van der Waals surface area contributed by atoms with Crippen molar-refractivity contribution >= 4 is 5.91 Å². The van der Waals surface area contributed by atoms with Gasteiger partial charge in [0.2, 0.25) is 5.91 Å². The van der Waals surface area contributed by atoms with Gasteiger partial charge in [-0.1, -0.05) is 12.1 Å². The molecule has 0 aromatic heterocycles. The Balaban J connectivity index is 2.60. The maximum absolute atomic E-state index is 12.7. The Morgan fingerprint density at radius 2 is 2.06 bits per heavy atom. The fourth-order valence-corrected chi connectivity index (χ4v) is 1.37. The van der Waals surface area contributed by atoms with E-state index < -0.39 is 6.04 Å². The second-order valence-electron chi connectivity index (χ2n) is 3.81. The lowest BCUT2D eigenvalue weighted by molar-refractivity contribution is -0.122. The van der Waals surface area contributed by atoms with Gasteiger partial charge >= 0.3 is 0 Å². The molecule has 1 unspecified atom stereocenters. The molecule has 17 heavy (non-hydrogen) atoms. The average Bonchev–Trinajstić information content (AvgIpc) is 2.31. The maximum Gasteiger partial charge on any atom is 0.236 e. The lowest BCUT2D eigenvalue weighted by Gasteiger charge is -2.17. The molecule has 0 fully saturated rings. The molecule has 0 heterocycles. The van der Waals surface area contributed by atoms with Gasteiger partial charge < -0.3 is 15.8 Å². The van der Waals surface area contributed by atoms with Crippen LogP contribution in [-0.4, -0.2) is 25.6 Å². The molecule has 0 spiro atoms. The first kappa shape index (κ1) is 13.6. The highest BCUT2D eigenvalue weighted by Crippen LogP contribution is 2.15. The molecular weight excluding hydrogens is 223 g/mol. The first-order valence-corrected chi connectivity index (χ1v) is 5.36. The number of nitrogens with two attached hydrogens (primary N) is 1. The molecule has 2 atom stereocenters. The minimum Gasteiger partial charge on any atom is -0.375 e. The predicted octanol–water partition coefficient (Wildman–Crippen LogP) is 0.977. The molecule has 0 aliphatic heterocycles. The molecule has 1 amide bonds. The normalized spacial score (nSPS) is 14.1. The van der Waals surface area contributed by atoms with Gasteiger partial charge in [0.1, 0.15) is 5.82 Å². The van der Waals surface area contributed by atoms with Gasteiger partial charge in [0.15, 0.2) is 0 Å². The minimum atomic E-state index is -0.555. The van der Waals surface area contributed by atoms with E-state index in [2.05, 4.69) is 5.32 Å². The first-order valence-electron chi connectivity index (χ1n) is 5.36. The van der Waals surface area contributed by atoms with E-state index in [4.69, 9.17) is 10.5 Å². The molecule has 0 radical (unpaired) electrons. The Hall–Kier alpha value is -1.46. The molecule has 0 bridgehead atoms. The van der Waals surface area contributed by atoms with Crippen LogP contribution in [-0.2, 0) is 9.53 Å². The van der Waals surface area contributed by atoms with Crippen molar-refractivity contribution in [2.45, 2.75) is 19.1 Å². The molecule has 0 saturated carbocycles. The topological polar surface area (TPSA) is 64.3 Å². The zero-order valence-corrected chi connectivity index (χ0v) is 9.94. The van der Waals surface area contributed by atoms with Crippen molar-refractivity contribution < 1.29 is 13.9 Å². The van der Waals surface area contributed by atoms with Crippen molar-refractivity contribution in [3.05, 3.63) is 35.6 Å². The van der Waals surface area contributed by atoms with Crippen molar-refractivity contribution in [2.75, 3.05) is 13.7 Å². The highest BCUT2D eigenvalue weighted by Gasteiger charge is 2.13. The number of methoxy groups -OCH3 is 1. The summed E-state index contributed by atoms with van der Waals surface area (Å²) in [4.78, 5) is 11.3. The molecule has 0 aliphatic carbocycles. The van der Waals surface area contributed by atoms with E-state index >= 15 is 0 Å². The number of ether oxygens (including phenoxy) is 1. The zero-order valence-electron chi connectivity index (χ0n) is 9.94. The van der Waals surface area contributed by atoms with E-state index in [0.29, 0.717) is 6.54 Å². The van der Waals surface area contributed by atoms with Crippen molar-refractivity contribution in [2.24, 2.45) is 5.73 Å². The quantitative estimate of drug-likeness (QED) is 0.806. The molecule has 0 saturated heterocycles. The summed E-state index contributed by atoms with van der Waals surface area (Å²) in [5.41, 5.74) is 6.22. The summed E-state index contributed by atoms with van der Waals surface area (Å²) in [6.45, 7) is 1.91. The summed E-state index contributed by atoms with van der Waals surface area (Å²) in [7, 11) is 1.53. The van der Waals surface area contributed by atoms with Crippen molar-refractivity contribution in [1.29, 1.82) is 0 Å². The largest absolute Gasteiger partial charge is 0.375 e. The lowest BCUT2D eigenvalue weighted by atomic mass is 10.1. The highest BCUT2D eigenvalue weighted by molar-refractivity contribution is 5.80. The van der Waals surface area contributed by atoms with Gasteiger partial charge in [-0.2, -0.15) is 0 Å².